The van der Waals surface area contributed by atoms with Crippen molar-refractivity contribution in [3.05, 3.63) is 59.2 Å². The summed E-state index contributed by atoms with van der Waals surface area (Å²) in [6.07, 6.45) is 4.74. The second kappa shape index (κ2) is 8.92. The lowest BCUT2D eigenvalue weighted by atomic mass is 9.83. The Hall–Kier alpha value is -3.15. The van der Waals surface area contributed by atoms with Gasteiger partial charge in [0.05, 0.1) is 11.4 Å². The molecule has 2 aromatic rings. The van der Waals surface area contributed by atoms with Crippen molar-refractivity contribution in [2.45, 2.75) is 52.1 Å². The number of amides is 3. The van der Waals surface area contributed by atoms with Crippen LogP contribution in [0.4, 0.5) is 16.2 Å². The summed E-state index contributed by atoms with van der Waals surface area (Å²) in [5.74, 6) is 0.0648. The van der Waals surface area contributed by atoms with Crippen LogP contribution in [-0.2, 0) is 4.79 Å². The molecule has 0 bridgehead atoms. The number of rotatable bonds is 3. The summed E-state index contributed by atoms with van der Waals surface area (Å²) < 4.78 is 0. The van der Waals surface area contributed by atoms with Crippen molar-refractivity contribution >= 4 is 29.0 Å². The van der Waals surface area contributed by atoms with Gasteiger partial charge in [-0.05, 0) is 44.4 Å². The van der Waals surface area contributed by atoms with Gasteiger partial charge < -0.3 is 15.5 Å². The number of carbonyl (C=O) groups is 2. The second-order valence-electron chi connectivity index (χ2n) is 8.58. The van der Waals surface area contributed by atoms with E-state index in [0.717, 1.165) is 46.6 Å². The number of para-hydroxylation sites is 1. The molecule has 1 heterocycles. The van der Waals surface area contributed by atoms with E-state index in [-0.39, 0.29) is 5.91 Å². The highest BCUT2D eigenvalue weighted by atomic mass is 16.2. The molecule has 1 unspecified atom stereocenters. The number of urea groups is 1. The van der Waals surface area contributed by atoms with E-state index in [1.807, 2.05) is 56.3 Å². The number of hydrogen-bond acceptors (Lipinski definition) is 3. The third-order valence-corrected chi connectivity index (χ3v) is 6.26. The van der Waals surface area contributed by atoms with E-state index >= 15 is 0 Å². The summed E-state index contributed by atoms with van der Waals surface area (Å²) in [6.45, 7) is 3.96. The number of fused-ring (bicyclic) bond motifs is 1. The van der Waals surface area contributed by atoms with Crippen LogP contribution >= 0.6 is 0 Å². The van der Waals surface area contributed by atoms with E-state index < -0.39 is 12.2 Å². The van der Waals surface area contributed by atoms with Gasteiger partial charge in [-0.3, -0.25) is 9.79 Å². The van der Waals surface area contributed by atoms with Crippen molar-refractivity contribution in [2.75, 3.05) is 17.3 Å². The number of nitrogens with one attached hydrogen (secondary N) is 2. The fraction of sp³-hybridized carbons (Fsp3) is 0.400. The number of aliphatic imine (C=N–C) groups is 1. The Morgan fingerprint density at radius 2 is 1.81 bits per heavy atom. The number of benzodiazepines with no additional fused rings is 1. The molecule has 3 amide bonds. The summed E-state index contributed by atoms with van der Waals surface area (Å²) >= 11 is 0. The van der Waals surface area contributed by atoms with Crippen molar-refractivity contribution in [1.82, 2.24) is 5.32 Å². The van der Waals surface area contributed by atoms with Crippen LogP contribution < -0.4 is 15.5 Å². The largest absolute Gasteiger partial charge is 0.321 e. The van der Waals surface area contributed by atoms with Crippen LogP contribution in [0, 0.1) is 19.8 Å². The van der Waals surface area contributed by atoms with E-state index in [0.29, 0.717) is 5.92 Å². The monoisotopic (exact) mass is 418 g/mol. The maximum Gasteiger partial charge on any atom is 0.321 e. The van der Waals surface area contributed by atoms with Gasteiger partial charge >= 0.3 is 6.03 Å². The summed E-state index contributed by atoms with van der Waals surface area (Å²) in [5, 5.41) is 5.67. The Kier molecular flexibility index (Phi) is 6.07. The van der Waals surface area contributed by atoms with Gasteiger partial charge in [-0.15, -0.1) is 0 Å². The minimum absolute atomic E-state index is 0.242. The van der Waals surface area contributed by atoms with Gasteiger partial charge in [-0.2, -0.15) is 0 Å². The van der Waals surface area contributed by atoms with Crippen LogP contribution in [0.2, 0.25) is 0 Å². The van der Waals surface area contributed by atoms with Gasteiger partial charge in [0.25, 0.3) is 5.91 Å². The first-order valence-corrected chi connectivity index (χ1v) is 11.0. The van der Waals surface area contributed by atoms with Crippen molar-refractivity contribution in [1.29, 1.82) is 0 Å². The van der Waals surface area contributed by atoms with Crippen LogP contribution in [0.25, 0.3) is 0 Å². The minimum atomic E-state index is -0.958. The van der Waals surface area contributed by atoms with Gasteiger partial charge in [0.2, 0.25) is 6.17 Å². The lowest BCUT2D eigenvalue weighted by Crippen LogP contribution is -2.47. The molecule has 2 aliphatic rings. The predicted molar refractivity (Wildman–Crippen MR) is 125 cm³/mol. The highest BCUT2D eigenvalue weighted by molar-refractivity contribution is 6.14. The van der Waals surface area contributed by atoms with Gasteiger partial charge in [-0.1, -0.05) is 55.2 Å². The Morgan fingerprint density at radius 3 is 2.55 bits per heavy atom. The number of carbonyl (C=O) groups excluding carboxylic acids is 2. The highest BCUT2D eigenvalue weighted by Crippen LogP contribution is 2.33. The fourth-order valence-electron chi connectivity index (χ4n) is 4.58. The second-order valence-corrected chi connectivity index (χ2v) is 8.58. The molecule has 162 valence electrons. The molecule has 1 atom stereocenters. The van der Waals surface area contributed by atoms with E-state index in [2.05, 4.69) is 10.6 Å². The normalized spacial score (nSPS) is 19.3. The van der Waals surface area contributed by atoms with Crippen LogP contribution in [0.15, 0.2) is 47.5 Å². The average molecular weight is 419 g/mol. The number of nitrogens with zero attached hydrogens (tertiary/aromatic N) is 2. The molecule has 1 saturated carbocycles. The number of aryl methyl sites for hydroxylation is 2. The molecule has 6 nitrogen and oxygen atoms in total. The van der Waals surface area contributed by atoms with E-state index in [1.54, 1.807) is 11.9 Å². The zero-order valence-electron chi connectivity index (χ0n) is 18.4. The lowest BCUT2D eigenvalue weighted by Gasteiger charge is -2.25. The van der Waals surface area contributed by atoms with Crippen molar-refractivity contribution in [2.24, 2.45) is 10.9 Å². The number of anilines is 2. The molecule has 0 aromatic heterocycles. The van der Waals surface area contributed by atoms with Gasteiger partial charge in [0.1, 0.15) is 0 Å². The Morgan fingerprint density at radius 1 is 1.06 bits per heavy atom. The minimum Gasteiger partial charge on any atom is -0.311 e. The molecule has 0 spiro atoms. The fourth-order valence-corrected chi connectivity index (χ4v) is 4.58. The summed E-state index contributed by atoms with van der Waals surface area (Å²) in [5.41, 5.74) is 5.59. The third kappa shape index (κ3) is 4.48. The van der Waals surface area contributed by atoms with E-state index in [9.17, 15) is 9.59 Å². The zero-order chi connectivity index (χ0) is 22.0. The molecular weight excluding hydrogens is 388 g/mol. The molecule has 6 heteroatoms. The molecule has 1 fully saturated rings. The maximum atomic E-state index is 13.2. The van der Waals surface area contributed by atoms with Gasteiger partial charge in [-0.25, -0.2) is 4.79 Å². The predicted octanol–water partition coefficient (Wildman–Crippen LogP) is 4.80. The standard InChI is InChI=1S/C25H30N4O2/c1-16-13-14-20(17(2)15-16)26-25(31)28-23-24(30)29(3)21-12-8-7-11-19(21)22(27-23)18-9-5-4-6-10-18/h7-8,11-15,18,23H,4-6,9-10H2,1-3H3,(H2,26,28,31). The number of benzene rings is 2. The molecule has 0 saturated heterocycles. The van der Waals surface area contributed by atoms with Crippen LogP contribution in [0.5, 0.6) is 0 Å². The van der Waals surface area contributed by atoms with Crippen molar-refractivity contribution in [3.8, 4) is 0 Å². The summed E-state index contributed by atoms with van der Waals surface area (Å²) in [6, 6.07) is 13.3. The third-order valence-electron chi connectivity index (χ3n) is 6.26. The number of likely N-dealkylation sites (N-methyl/N-ethyl adjacent to an activating group) is 1. The smallest absolute Gasteiger partial charge is 0.311 e. The summed E-state index contributed by atoms with van der Waals surface area (Å²) in [7, 11) is 1.75. The van der Waals surface area contributed by atoms with E-state index in [4.69, 9.17) is 4.99 Å². The maximum absolute atomic E-state index is 13.2. The van der Waals surface area contributed by atoms with E-state index in [1.165, 1.54) is 19.3 Å². The quantitative estimate of drug-likeness (QED) is 0.752. The van der Waals surface area contributed by atoms with Crippen LogP contribution in [-0.4, -0.2) is 30.9 Å². The highest BCUT2D eigenvalue weighted by Gasteiger charge is 2.33. The first kappa shape index (κ1) is 21.1. The first-order valence-electron chi connectivity index (χ1n) is 11.0. The Balaban J connectivity index is 1.63. The topological polar surface area (TPSA) is 73.8 Å². The molecule has 31 heavy (non-hydrogen) atoms. The van der Waals surface area contributed by atoms with Crippen LogP contribution in [0.3, 0.4) is 0 Å². The number of hydrogen-bond donors (Lipinski definition) is 2. The van der Waals surface area contributed by atoms with Crippen molar-refractivity contribution < 1.29 is 9.59 Å². The average Bonchev–Trinajstić information content (AvgIpc) is 2.87. The Labute approximate surface area is 183 Å². The Bertz CT molecular complexity index is 1020. The molecule has 0 radical (unpaired) electrons. The lowest BCUT2D eigenvalue weighted by molar-refractivity contribution is -0.119. The summed E-state index contributed by atoms with van der Waals surface area (Å²) in [4.78, 5) is 32.4. The van der Waals surface area contributed by atoms with Gasteiger partial charge in [0.15, 0.2) is 0 Å². The zero-order valence-corrected chi connectivity index (χ0v) is 18.4. The molecule has 1 aliphatic heterocycles. The first-order chi connectivity index (χ1) is 14.9. The van der Waals surface area contributed by atoms with Crippen LogP contribution in [0.1, 0.15) is 48.8 Å². The molecule has 2 N–H and O–H groups in total. The molecule has 2 aromatic carbocycles. The van der Waals surface area contributed by atoms with Crippen molar-refractivity contribution in [3.63, 3.8) is 0 Å². The molecule has 4 rings (SSSR count). The van der Waals surface area contributed by atoms with Gasteiger partial charge in [0, 0.05) is 24.2 Å². The SMILES string of the molecule is Cc1ccc(NC(=O)NC2N=C(C3CCCCC3)c3ccccc3N(C)C2=O)c(C)c1. The molecule has 1 aliphatic carbocycles. The molecular formula is C25H30N4O2.